The smallest absolute Gasteiger partial charge is 0.387 e. The Morgan fingerprint density at radius 2 is 1.56 bits per heavy atom. The monoisotopic (exact) mass is 365 g/mol. The summed E-state index contributed by atoms with van der Waals surface area (Å²) in [6.07, 6.45) is 0. The molecule has 2 rings (SSSR count). The fourth-order valence-electron chi connectivity index (χ4n) is 1.73. The van der Waals surface area contributed by atoms with E-state index in [9.17, 15) is 31.1 Å². The van der Waals surface area contributed by atoms with Crippen molar-refractivity contribution in [3.63, 3.8) is 0 Å². The normalized spacial score (nSPS) is 10.7. The first-order chi connectivity index (χ1) is 11.8. The standard InChI is InChI=1S/C15H9F6NO3/c16-9-5-10(17)13(19)14(12(9)18)24-6-11(23)22-7-1-3-8(4-2-7)25-15(20)21/h1-5,15H,6H2,(H,22,23). The highest BCUT2D eigenvalue weighted by atomic mass is 19.3. The molecule has 0 aliphatic rings. The van der Waals surface area contributed by atoms with E-state index >= 15 is 0 Å². The minimum atomic E-state index is -3.01. The molecule has 0 atom stereocenters. The van der Waals surface area contributed by atoms with Gasteiger partial charge in [0.25, 0.3) is 5.91 Å². The van der Waals surface area contributed by atoms with Gasteiger partial charge in [0.15, 0.2) is 24.0 Å². The van der Waals surface area contributed by atoms with Crippen molar-refractivity contribution in [2.45, 2.75) is 6.61 Å². The first kappa shape index (κ1) is 18.4. The Hall–Kier alpha value is -2.91. The molecule has 0 aliphatic heterocycles. The average Bonchev–Trinajstić information content (AvgIpc) is 2.54. The Labute approximate surface area is 137 Å². The molecule has 10 heteroatoms. The molecule has 134 valence electrons. The molecule has 0 spiro atoms. The van der Waals surface area contributed by atoms with Crippen molar-refractivity contribution >= 4 is 11.6 Å². The van der Waals surface area contributed by atoms with E-state index in [1.807, 2.05) is 0 Å². The molecule has 0 aromatic heterocycles. The molecule has 0 aliphatic carbocycles. The zero-order valence-corrected chi connectivity index (χ0v) is 12.2. The molecule has 0 unspecified atom stereocenters. The molecule has 1 amide bonds. The fraction of sp³-hybridized carbons (Fsp3) is 0.133. The highest BCUT2D eigenvalue weighted by Gasteiger charge is 2.21. The van der Waals surface area contributed by atoms with E-state index < -0.39 is 48.1 Å². The topological polar surface area (TPSA) is 47.6 Å². The zero-order valence-electron chi connectivity index (χ0n) is 12.2. The van der Waals surface area contributed by atoms with Crippen molar-refractivity contribution in [1.82, 2.24) is 0 Å². The molecule has 0 bridgehead atoms. The van der Waals surface area contributed by atoms with E-state index in [-0.39, 0.29) is 17.5 Å². The summed E-state index contributed by atoms with van der Waals surface area (Å²) in [6, 6.07) is 4.73. The number of amides is 1. The molecule has 0 saturated carbocycles. The van der Waals surface area contributed by atoms with Gasteiger partial charge in [-0.15, -0.1) is 0 Å². The van der Waals surface area contributed by atoms with Gasteiger partial charge < -0.3 is 14.8 Å². The van der Waals surface area contributed by atoms with Gasteiger partial charge in [-0.3, -0.25) is 4.79 Å². The minimum Gasteiger partial charge on any atom is -0.477 e. The van der Waals surface area contributed by atoms with Crippen LogP contribution in [0.25, 0.3) is 0 Å². The number of hydrogen-bond donors (Lipinski definition) is 1. The largest absolute Gasteiger partial charge is 0.477 e. The van der Waals surface area contributed by atoms with Gasteiger partial charge in [-0.2, -0.15) is 17.6 Å². The number of hydrogen-bond acceptors (Lipinski definition) is 3. The lowest BCUT2D eigenvalue weighted by atomic mass is 10.3. The van der Waals surface area contributed by atoms with Gasteiger partial charge >= 0.3 is 6.61 Å². The van der Waals surface area contributed by atoms with Gasteiger partial charge in [0, 0.05) is 11.8 Å². The molecule has 0 fully saturated rings. The Balaban J connectivity index is 1.97. The van der Waals surface area contributed by atoms with Gasteiger partial charge in [0.05, 0.1) is 0 Å². The molecular formula is C15H9F6NO3. The predicted molar refractivity (Wildman–Crippen MR) is 73.5 cm³/mol. The second-order valence-electron chi connectivity index (χ2n) is 4.54. The predicted octanol–water partition coefficient (Wildman–Crippen LogP) is 3.86. The summed E-state index contributed by atoms with van der Waals surface area (Å²) in [6.45, 7) is -3.96. The second-order valence-corrected chi connectivity index (χ2v) is 4.54. The number of nitrogens with one attached hydrogen (secondary N) is 1. The number of halogens is 6. The number of carbonyl (C=O) groups excluding carboxylic acids is 1. The van der Waals surface area contributed by atoms with Crippen LogP contribution in [-0.2, 0) is 4.79 Å². The number of carbonyl (C=O) groups is 1. The molecular weight excluding hydrogens is 356 g/mol. The maximum absolute atomic E-state index is 13.4. The van der Waals surface area contributed by atoms with E-state index in [0.717, 1.165) is 12.1 Å². The molecule has 0 heterocycles. The summed E-state index contributed by atoms with van der Waals surface area (Å²) in [4.78, 5) is 11.6. The number of rotatable bonds is 6. The molecule has 0 radical (unpaired) electrons. The third-order valence-electron chi connectivity index (χ3n) is 2.78. The first-order valence-corrected chi connectivity index (χ1v) is 6.58. The maximum atomic E-state index is 13.4. The molecule has 1 N–H and O–H groups in total. The highest BCUT2D eigenvalue weighted by molar-refractivity contribution is 5.91. The van der Waals surface area contributed by atoms with Crippen molar-refractivity contribution in [3.8, 4) is 11.5 Å². The summed E-state index contributed by atoms with van der Waals surface area (Å²) in [5, 5.41) is 2.22. The number of benzene rings is 2. The summed E-state index contributed by atoms with van der Waals surface area (Å²) in [5.74, 6) is -9.34. The van der Waals surface area contributed by atoms with Crippen LogP contribution in [0.5, 0.6) is 11.5 Å². The van der Waals surface area contributed by atoms with E-state index in [4.69, 9.17) is 0 Å². The Morgan fingerprint density at radius 1 is 1.00 bits per heavy atom. The van der Waals surface area contributed by atoms with Crippen molar-refractivity contribution < 1.29 is 40.6 Å². The van der Waals surface area contributed by atoms with Gasteiger partial charge in [-0.1, -0.05) is 0 Å². The third-order valence-corrected chi connectivity index (χ3v) is 2.78. The summed E-state index contributed by atoms with van der Waals surface area (Å²) in [5.41, 5.74) is 0.140. The number of ether oxygens (including phenoxy) is 2. The number of anilines is 1. The quantitative estimate of drug-likeness (QED) is 0.625. The van der Waals surface area contributed by atoms with Gasteiger partial charge in [0.1, 0.15) is 5.75 Å². The van der Waals surface area contributed by atoms with Crippen molar-refractivity contribution in [1.29, 1.82) is 0 Å². The summed E-state index contributed by atoms with van der Waals surface area (Å²) >= 11 is 0. The van der Waals surface area contributed by atoms with Crippen LogP contribution in [0.3, 0.4) is 0 Å². The SMILES string of the molecule is O=C(COc1c(F)c(F)cc(F)c1F)Nc1ccc(OC(F)F)cc1. The summed E-state index contributed by atoms with van der Waals surface area (Å²) < 4.78 is 85.3. The van der Waals surface area contributed by atoms with Crippen molar-refractivity contribution in [3.05, 3.63) is 53.6 Å². The Bertz CT molecular complexity index is 741. The van der Waals surface area contributed by atoms with Gasteiger partial charge in [0.2, 0.25) is 11.6 Å². The average molecular weight is 365 g/mol. The lowest BCUT2D eigenvalue weighted by Gasteiger charge is -2.10. The molecule has 2 aromatic rings. The number of alkyl halides is 2. The zero-order chi connectivity index (χ0) is 18.6. The molecule has 25 heavy (non-hydrogen) atoms. The van der Waals surface area contributed by atoms with Crippen LogP contribution in [0, 0.1) is 23.3 Å². The van der Waals surface area contributed by atoms with Crippen LogP contribution < -0.4 is 14.8 Å². The lowest BCUT2D eigenvalue weighted by molar-refractivity contribution is -0.118. The van der Waals surface area contributed by atoms with Gasteiger partial charge in [-0.25, -0.2) is 8.78 Å². The minimum absolute atomic E-state index is 0.000617. The van der Waals surface area contributed by atoms with Crippen LogP contribution in [0.4, 0.5) is 32.0 Å². The first-order valence-electron chi connectivity index (χ1n) is 6.58. The lowest BCUT2D eigenvalue weighted by Crippen LogP contribution is -2.21. The van der Waals surface area contributed by atoms with E-state index in [1.54, 1.807) is 0 Å². The second kappa shape index (κ2) is 7.77. The molecule has 4 nitrogen and oxygen atoms in total. The van der Waals surface area contributed by atoms with Crippen LogP contribution in [0.1, 0.15) is 0 Å². The molecule has 0 saturated heterocycles. The Morgan fingerprint density at radius 3 is 2.08 bits per heavy atom. The van der Waals surface area contributed by atoms with Crippen LogP contribution in [-0.4, -0.2) is 19.1 Å². The van der Waals surface area contributed by atoms with E-state index in [1.165, 1.54) is 12.1 Å². The van der Waals surface area contributed by atoms with E-state index in [2.05, 4.69) is 14.8 Å². The van der Waals surface area contributed by atoms with Crippen molar-refractivity contribution in [2.24, 2.45) is 0 Å². The fourth-order valence-corrected chi connectivity index (χ4v) is 1.73. The maximum Gasteiger partial charge on any atom is 0.387 e. The van der Waals surface area contributed by atoms with Crippen LogP contribution in [0.15, 0.2) is 30.3 Å². The molecule has 2 aromatic carbocycles. The van der Waals surface area contributed by atoms with E-state index in [0.29, 0.717) is 0 Å². The van der Waals surface area contributed by atoms with Crippen LogP contribution >= 0.6 is 0 Å². The van der Waals surface area contributed by atoms with Gasteiger partial charge in [-0.05, 0) is 24.3 Å². The Kier molecular flexibility index (Phi) is 5.73. The third kappa shape index (κ3) is 4.78. The van der Waals surface area contributed by atoms with Crippen LogP contribution in [0.2, 0.25) is 0 Å². The van der Waals surface area contributed by atoms with Crippen molar-refractivity contribution in [2.75, 3.05) is 11.9 Å². The summed E-state index contributed by atoms with van der Waals surface area (Å²) in [7, 11) is 0. The highest BCUT2D eigenvalue weighted by Crippen LogP contribution is 2.26.